The van der Waals surface area contributed by atoms with E-state index in [1.54, 1.807) is 13.2 Å². The third-order valence-corrected chi connectivity index (χ3v) is 4.61. The van der Waals surface area contributed by atoms with Crippen LogP contribution >= 0.6 is 11.3 Å². The number of benzene rings is 2. The molecule has 0 radical (unpaired) electrons. The van der Waals surface area contributed by atoms with Gasteiger partial charge in [0.1, 0.15) is 18.1 Å². The van der Waals surface area contributed by atoms with Crippen molar-refractivity contribution in [1.29, 1.82) is 0 Å². The van der Waals surface area contributed by atoms with Gasteiger partial charge in [0.25, 0.3) is 5.91 Å². The Morgan fingerprint density at radius 1 is 1.08 bits per heavy atom. The summed E-state index contributed by atoms with van der Waals surface area (Å²) in [5.41, 5.74) is 2.87. The van der Waals surface area contributed by atoms with Gasteiger partial charge < -0.3 is 14.8 Å². The number of carbonyl (C=O) groups excluding carboxylic acids is 1. The highest BCUT2D eigenvalue weighted by molar-refractivity contribution is 7.12. The third-order valence-electron chi connectivity index (χ3n) is 3.63. The van der Waals surface area contributed by atoms with E-state index >= 15 is 0 Å². The van der Waals surface area contributed by atoms with Crippen LogP contribution in [0.1, 0.15) is 20.8 Å². The van der Waals surface area contributed by atoms with E-state index in [0.717, 1.165) is 11.3 Å². The lowest BCUT2D eigenvalue weighted by atomic mass is 10.2. The highest BCUT2D eigenvalue weighted by atomic mass is 32.1. The Bertz CT molecular complexity index is 855. The molecule has 0 fully saturated rings. The molecule has 2 aromatic carbocycles. The molecule has 1 heterocycles. The molecule has 0 aliphatic heterocycles. The number of methoxy groups -OCH3 is 1. The minimum atomic E-state index is -0.139. The van der Waals surface area contributed by atoms with Crippen LogP contribution in [-0.4, -0.2) is 13.0 Å². The molecule has 4 nitrogen and oxygen atoms in total. The predicted molar refractivity (Wildman–Crippen MR) is 101 cm³/mol. The topological polar surface area (TPSA) is 47.6 Å². The van der Waals surface area contributed by atoms with Gasteiger partial charge in [0.15, 0.2) is 0 Å². The van der Waals surface area contributed by atoms with Crippen LogP contribution in [0.4, 0.5) is 5.69 Å². The van der Waals surface area contributed by atoms with Gasteiger partial charge in [0, 0.05) is 17.3 Å². The number of hydrogen-bond donors (Lipinski definition) is 1. The maximum atomic E-state index is 12.4. The van der Waals surface area contributed by atoms with Crippen LogP contribution in [0.3, 0.4) is 0 Å². The van der Waals surface area contributed by atoms with E-state index in [1.165, 1.54) is 16.9 Å². The highest BCUT2D eigenvalue weighted by Gasteiger charge is 2.10. The number of rotatable bonds is 6. The Morgan fingerprint density at radius 2 is 1.88 bits per heavy atom. The van der Waals surface area contributed by atoms with Crippen LogP contribution in [0.15, 0.2) is 60.0 Å². The lowest BCUT2D eigenvalue weighted by Crippen LogP contribution is -2.10. The van der Waals surface area contributed by atoms with Crippen molar-refractivity contribution >= 4 is 22.9 Å². The summed E-state index contributed by atoms with van der Waals surface area (Å²) in [4.78, 5) is 13.0. The molecule has 0 saturated heterocycles. The van der Waals surface area contributed by atoms with E-state index in [-0.39, 0.29) is 5.91 Å². The molecule has 0 aliphatic carbocycles. The van der Waals surface area contributed by atoms with Crippen molar-refractivity contribution in [2.45, 2.75) is 13.5 Å². The van der Waals surface area contributed by atoms with Crippen LogP contribution < -0.4 is 14.8 Å². The normalized spacial score (nSPS) is 10.3. The number of nitrogens with one attached hydrogen (secondary N) is 1. The maximum Gasteiger partial charge on any atom is 0.265 e. The largest absolute Gasteiger partial charge is 0.497 e. The minimum Gasteiger partial charge on any atom is -0.497 e. The van der Waals surface area contributed by atoms with Crippen molar-refractivity contribution in [1.82, 2.24) is 0 Å². The van der Waals surface area contributed by atoms with Crippen LogP contribution in [-0.2, 0) is 6.61 Å². The zero-order valence-corrected chi connectivity index (χ0v) is 14.9. The van der Waals surface area contributed by atoms with Crippen LogP contribution in [0.25, 0.3) is 0 Å². The molecule has 128 valence electrons. The van der Waals surface area contributed by atoms with Crippen LogP contribution in [0.2, 0.25) is 0 Å². The van der Waals surface area contributed by atoms with E-state index in [4.69, 9.17) is 9.47 Å². The molecule has 0 unspecified atom stereocenters. The quantitative estimate of drug-likeness (QED) is 0.686. The van der Waals surface area contributed by atoms with Crippen molar-refractivity contribution < 1.29 is 14.3 Å². The van der Waals surface area contributed by atoms with E-state index < -0.39 is 0 Å². The van der Waals surface area contributed by atoms with E-state index in [9.17, 15) is 4.79 Å². The summed E-state index contributed by atoms with van der Waals surface area (Å²) in [6.07, 6.45) is 0. The molecule has 0 atom stereocenters. The molecule has 0 spiro atoms. The van der Waals surface area contributed by atoms with Crippen molar-refractivity contribution in [2.75, 3.05) is 12.4 Å². The predicted octanol–water partition coefficient (Wildman–Crippen LogP) is 4.90. The number of aryl methyl sites for hydroxylation is 1. The van der Waals surface area contributed by atoms with E-state index in [1.807, 2.05) is 60.8 Å². The summed E-state index contributed by atoms with van der Waals surface area (Å²) in [5.74, 6) is 1.38. The fraction of sp³-hybridized carbons (Fsp3) is 0.150. The number of carbonyl (C=O) groups is 1. The molecule has 1 aromatic heterocycles. The number of anilines is 1. The average Bonchev–Trinajstić information content (AvgIpc) is 3.10. The van der Waals surface area contributed by atoms with Gasteiger partial charge in [0.05, 0.1) is 12.0 Å². The first kappa shape index (κ1) is 17.0. The lowest BCUT2D eigenvalue weighted by molar-refractivity contribution is 0.103. The SMILES string of the molecule is COc1cccc(NC(=O)c2cc(COc3ccc(C)cc3)cs2)c1. The Labute approximate surface area is 151 Å². The molecule has 0 bridgehead atoms. The first-order valence-corrected chi connectivity index (χ1v) is 8.74. The lowest BCUT2D eigenvalue weighted by Gasteiger charge is -2.06. The second-order valence-corrected chi connectivity index (χ2v) is 6.52. The fourth-order valence-corrected chi connectivity index (χ4v) is 3.06. The first-order chi connectivity index (χ1) is 12.1. The molecule has 25 heavy (non-hydrogen) atoms. The summed E-state index contributed by atoms with van der Waals surface area (Å²) in [6.45, 7) is 2.47. The molecule has 3 aromatic rings. The molecular formula is C20H19NO3S. The smallest absolute Gasteiger partial charge is 0.265 e. The van der Waals surface area contributed by atoms with Gasteiger partial charge in [-0.05, 0) is 42.6 Å². The van der Waals surface area contributed by atoms with E-state index in [2.05, 4.69) is 5.32 Å². The monoisotopic (exact) mass is 353 g/mol. The van der Waals surface area contributed by atoms with Crippen LogP contribution in [0.5, 0.6) is 11.5 Å². The van der Waals surface area contributed by atoms with Gasteiger partial charge >= 0.3 is 0 Å². The van der Waals surface area contributed by atoms with Gasteiger partial charge in [-0.15, -0.1) is 11.3 Å². The minimum absolute atomic E-state index is 0.139. The van der Waals surface area contributed by atoms with Gasteiger partial charge in [-0.1, -0.05) is 23.8 Å². The van der Waals surface area contributed by atoms with Gasteiger partial charge in [-0.3, -0.25) is 4.79 Å². The third kappa shape index (κ3) is 4.61. The summed E-state index contributed by atoms with van der Waals surface area (Å²) in [6, 6.07) is 17.0. The number of thiophene rings is 1. The van der Waals surface area contributed by atoms with Crippen molar-refractivity contribution in [3.05, 3.63) is 76.0 Å². The van der Waals surface area contributed by atoms with Gasteiger partial charge in [-0.2, -0.15) is 0 Å². The molecule has 3 rings (SSSR count). The average molecular weight is 353 g/mol. The molecule has 0 saturated carbocycles. The summed E-state index contributed by atoms with van der Waals surface area (Å²) in [7, 11) is 1.60. The van der Waals surface area contributed by atoms with Crippen molar-refractivity contribution in [2.24, 2.45) is 0 Å². The molecule has 0 aliphatic rings. The fourth-order valence-electron chi connectivity index (χ4n) is 2.27. The number of hydrogen-bond acceptors (Lipinski definition) is 4. The first-order valence-electron chi connectivity index (χ1n) is 7.86. The van der Waals surface area contributed by atoms with Crippen molar-refractivity contribution in [3.63, 3.8) is 0 Å². The zero-order valence-electron chi connectivity index (χ0n) is 14.1. The maximum absolute atomic E-state index is 12.4. The number of ether oxygens (including phenoxy) is 2. The summed E-state index contributed by atoms with van der Waals surface area (Å²) < 4.78 is 10.9. The Kier molecular flexibility index (Phi) is 5.36. The molecule has 1 N–H and O–H groups in total. The van der Waals surface area contributed by atoms with Gasteiger partial charge in [-0.25, -0.2) is 0 Å². The second kappa shape index (κ2) is 7.85. The molecule has 1 amide bonds. The van der Waals surface area contributed by atoms with Crippen LogP contribution in [0, 0.1) is 6.92 Å². The molecule has 5 heteroatoms. The number of amides is 1. The highest BCUT2D eigenvalue weighted by Crippen LogP contribution is 2.21. The summed E-state index contributed by atoms with van der Waals surface area (Å²) in [5, 5.41) is 4.82. The Morgan fingerprint density at radius 3 is 2.64 bits per heavy atom. The zero-order chi connectivity index (χ0) is 17.6. The summed E-state index contributed by atoms with van der Waals surface area (Å²) >= 11 is 1.40. The molecular weight excluding hydrogens is 334 g/mol. The standard InChI is InChI=1S/C20H19NO3S/c1-14-6-8-17(9-7-14)24-12-15-10-19(25-13-15)20(22)21-16-4-3-5-18(11-16)23-2/h3-11,13H,12H2,1-2H3,(H,21,22). The second-order valence-electron chi connectivity index (χ2n) is 5.61. The Hall–Kier alpha value is -2.79. The Balaban J connectivity index is 1.60. The van der Waals surface area contributed by atoms with Crippen molar-refractivity contribution in [3.8, 4) is 11.5 Å². The van der Waals surface area contributed by atoms with E-state index in [0.29, 0.717) is 22.9 Å². The van der Waals surface area contributed by atoms with Gasteiger partial charge in [0.2, 0.25) is 0 Å².